The van der Waals surface area contributed by atoms with Crippen LogP contribution in [-0.4, -0.2) is 11.5 Å². The van der Waals surface area contributed by atoms with Crippen LogP contribution in [0.1, 0.15) is 42.5 Å². The van der Waals surface area contributed by atoms with E-state index < -0.39 is 0 Å². The predicted octanol–water partition coefficient (Wildman–Crippen LogP) is 3.65. The van der Waals surface area contributed by atoms with Gasteiger partial charge in [-0.15, -0.1) is 0 Å². The summed E-state index contributed by atoms with van der Waals surface area (Å²) in [6, 6.07) is 11.0. The highest BCUT2D eigenvalue weighted by Crippen LogP contribution is 2.32. The maximum atomic E-state index is 5.92. The number of rotatable bonds is 5. The zero-order valence-electron chi connectivity index (χ0n) is 12.5. The second kappa shape index (κ2) is 6.72. The summed E-state index contributed by atoms with van der Waals surface area (Å²) in [5.41, 5.74) is 3.96. The summed E-state index contributed by atoms with van der Waals surface area (Å²) in [5, 5.41) is 3.58. The van der Waals surface area contributed by atoms with Gasteiger partial charge in [-0.3, -0.25) is 4.98 Å². The minimum absolute atomic E-state index is 0.473. The summed E-state index contributed by atoms with van der Waals surface area (Å²) in [5.74, 6) is 0.947. The molecular weight excluding hydrogens is 260 g/mol. The van der Waals surface area contributed by atoms with Gasteiger partial charge >= 0.3 is 0 Å². The molecule has 21 heavy (non-hydrogen) atoms. The topological polar surface area (TPSA) is 34.1 Å². The highest BCUT2D eigenvalue weighted by molar-refractivity contribution is 5.39. The molecule has 1 heterocycles. The zero-order chi connectivity index (χ0) is 14.5. The predicted molar refractivity (Wildman–Crippen MR) is 84.4 cm³/mol. The minimum Gasteiger partial charge on any atom is -0.489 e. The molecule has 0 saturated carbocycles. The number of hydrogen-bond acceptors (Lipinski definition) is 3. The molecule has 0 bridgehead atoms. The van der Waals surface area contributed by atoms with Crippen LogP contribution in [-0.2, 0) is 13.0 Å². The molecule has 0 amide bonds. The summed E-state index contributed by atoms with van der Waals surface area (Å²) in [7, 11) is 0. The number of aryl methyl sites for hydroxylation is 1. The summed E-state index contributed by atoms with van der Waals surface area (Å²) >= 11 is 0. The van der Waals surface area contributed by atoms with Crippen LogP contribution < -0.4 is 10.1 Å². The van der Waals surface area contributed by atoms with Crippen molar-refractivity contribution in [2.75, 3.05) is 6.54 Å². The van der Waals surface area contributed by atoms with Crippen LogP contribution in [0.2, 0.25) is 0 Å². The molecule has 1 unspecified atom stereocenters. The molecule has 1 aromatic carbocycles. The lowest BCUT2D eigenvalue weighted by Gasteiger charge is -2.26. The van der Waals surface area contributed by atoms with Crippen molar-refractivity contribution in [3.63, 3.8) is 0 Å². The second-order valence-corrected chi connectivity index (χ2v) is 5.51. The Morgan fingerprint density at radius 2 is 2.29 bits per heavy atom. The largest absolute Gasteiger partial charge is 0.489 e. The molecule has 110 valence electrons. The fraction of sp³-hybridized carbons (Fsp3) is 0.389. The van der Waals surface area contributed by atoms with Gasteiger partial charge in [0.15, 0.2) is 0 Å². The Kier molecular flexibility index (Phi) is 4.51. The highest BCUT2D eigenvalue weighted by atomic mass is 16.5. The molecule has 3 nitrogen and oxygen atoms in total. The van der Waals surface area contributed by atoms with Gasteiger partial charge in [-0.2, -0.15) is 0 Å². The normalized spacial score (nSPS) is 17.3. The number of nitrogens with zero attached hydrogens (tertiary/aromatic N) is 1. The smallest absolute Gasteiger partial charge is 0.120 e. The molecule has 1 aliphatic carbocycles. The van der Waals surface area contributed by atoms with Crippen molar-refractivity contribution >= 4 is 0 Å². The van der Waals surface area contributed by atoms with Crippen molar-refractivity contribution < 1.29 is 4.74 Å². The first kappa shape index (κ1) is 14.1. The summed E-state index contributed by atoms with van der Waals surface area (Å²) in [4.78, 5) is 4.11. The van der Waals surface area contributed by atoms with Crippen molar-refractivity contribution in [2.24, 2.45) is 0 Å². The average molecular weight is 282 g/mol. The van der Waals surface area contributed by atoms with Gasteiger partial charge < -0.3 is 10.1 Å². The Morgan fingerprint density at radius 1 is 1.33 bits per heavy atom. The van der Waals surface area contributed by atoms with Gasteiger partial charge in [0.25, 0.3) is 0 Å². The number of nitrogens with one attached hydrogen (secondary N) is 1. The number of ether oxygens (including phenoxy) is 1. The molecule has 1 atom stereocenters. The van der Waals surface area contributed by atoms with Crippen LogP contribution in [0.3, 0.4) is 0 Å². The zero-order valence-corrected chi connectivity index (χ0v) is 12.5. The maximum absolute atomic E-state index is 5.92. The third kappa shape index (κ3) is 3.42. The molecule has 1 aromatic heterocycles. The van der Waals surface area contributed by atoms with Gasteiger partial charge in [0.05, 0.1) is 0 Å². The van der Waals surface area contributed by atoms with Gasteiger partial charge in [-0.1, -0.05) is 19.1 Å². The van der Waals surface area contributed by atoms with Crippen LogP contribution in [0.25, 0.3) is 0 Å². The molecule has 2 aromatic rings. The summed E-state index contributed by atoms with van der Waals surface area (Å²) < 4.78 is 5.92. The van der Waals surface area contributed by atoms with E-state index in [1.54, 1.807) is 6.20 Å². The fourth-order valence-corrected chi connectivity index (χ4v) is 2.98. The molecular formula is C18H22N2O. The van der Waals surface area contributed by atoms with Crippen LogP contribution >= 0.6 is 0 Å². The maximum Gasteiger partial charge on any atom is 0.120 e. The van der Waals surface area contributed by atoms with Gasteiger partial charge in [0.1, 0.15) is 12.4 Å². The Labute approximate surface area is 126 Å². The van der Waals surface area contributed by atoms with E-state index in [0.29, 0.717) is 12.6 Å². The Bertz CT molecular complexity index is 583. The van der Waals surface area contributed by atoms with E-state index in [0.717, 1.165) is 17.9 Å². The Hall–Kier alpha value is -1.87. The van der Waals surface area contributed by atoms with E-state index in [2.05, 4.69) is 35.4 Å². The van der Waals surface area contributed by atoms with Gasteiger partial charge in [0.2, 0.25) is 0 Å². The fourth-order valence-electron chi connectivity index (χ4n) is 2.98. The summed E-state index contributed by atoms with van der Waals surface area (Å²) in [6.07, 6.45) is 7.29. The number of aromatic nitrogens is 1. The first-order valence-corrected chi connectivity index (χ1v) is 7.74. The average Bonchev–Trinajstić information content (AvgIpc) is 2.54. The number of benzene rings is 1. The molecule has 0 fully saturated rings. The van der Waals surface area contributed by atoms with Gasteiger partial charge in [-0.05, 0) is 55.1 Å². The summed E-state index contributed by atoms with van der Waals surface area (Å²) in [6.45, 7) is 3.74. The first-order chi connectivity index (χ1) is 10.4. The number of fused-ring (bicyclic) bond motifs is 1. The van der Waals surface area contributed by atoms with Crippen molar-refractivity contribution in [3.05, 3.63) is 59.4 Å². The van der Waals surface area contributed by atoms with E-state index >= 15 is 0 Å². The second-order valence-electron chi connectivity index (χ2n) is 5.51. The molecule has 3 heteroatoms. The molecule has 0 aliphatic heterocycles. The minimum atomic E-state index is 0.473. The first-order valence-electron chi connectivity index (χ1n) is 7.74. The van der Waals surface area contributed by atoms with Crippen molar-refractivity contribution in [3.8, 4) is 5.75 Å². The Morgan fingerprint density at radius 3 is 3.10 bits per heavy atom. The third-order valence-corrected chi connectivity index (χ3v) is 4.01. The van der Waals surface area contributed by atoms with Gasteiger partial charge in [-0.25, -0.2) is 0 Å². The molecule has 1 aliphatic rings. The molecule has 1 N–H and O–H groups in total. The lowest BCUT2D eigenvalue weighted by atomic mass is 9.87. The van der Waals surface area contributed by atoms with Gasteiger partial charge in [0, 0.05) is 24.0 Å². The lowest BCUT2D eigenvalue weighted by molar-refractivity contribution is 0.304. The number of hydrogen-bond donors (Lipinski definition) is 1. The van der Waals surface area contributed by atoms with E-state index in [-0.39, 0.29) is 0 Å². The van der Waals surface area contributed by atoms with Crippen LogP contribution in [0, 0.1) is 0 Å². The van der Waals surface area contributed by atoms with E-state index in [1.165, 1.54) is 30.4 Å². The van der Waals surface area contributed by atoms with E-state index in [1.807, 2.05) is 18.3 Å². The van der Waals surface area contributed by atoms with Crippen molar-refractivity contribution in [2.45, 2.75) is 38.8 Å². The number of pyridine rings is 1. The third-order valence-electron chi connectivity index (χ3n) is 4.01. The highest BCUT2D eigenvalue weighted by Gasteiger charge is 2.19. The lowest BCUT2D eigenvalue weighted by Crippen LogP contribution is -2.24. The SMILES string of the molecule is CCNC1CCCc2ccc(OCc3cccnc3)cc21. The van der Waals surface area contributed by atoms with Crippen LogP contribution in [0.5, 0.6) is 5.75 Å². The Balaban J connectivity index is 1.73. The molecule has 0 radical (unpaired) electrons. The van der Waals surface area contributed by atoms with E-state index in [4.69, 9.17) is 4.74 Å². The quantitative estimate of drug-likeness (QED) is 0.909. The van der Waals surface area contributed by atoms with Crippen molar-refractivity contribution in [1.82, 2.24) is 10.3 Å². The van der Waals surface area contributed by atoms with Crippen molar-refractivity contribution in [1.29, 1.82) is 0 Å². The molecule has 3 rings (SSSR count). The van der Waals surface area contributed by atoms with Crippen LogP contribution in [0.4, 0.5) is 0 Å². The standard InChI is InChI=1S/C18H22N2O/c1-2-20-18-7-3-6-15-8-9-16(11-17(15)18)21-13-14-5-4-10-19-12-14/h4-5,8-12,18,20H,2-3,6-7,13H2,1H3. The van der Waals surface area contributed by atoms with E-state index in [9.17, 15) is 0 Å². The monoisotopic (exact) mass is 282 g/mol. The molecule has 0 spiro atoms. The molecule has 0 saturated heterocycles. The van der Waals surface area contributed by atoms with Crippen LogP contribution in [0.15, 0.2) is 42.7 Å².